The van der Waals surface area contributed by atoms with Gasteiger partial charge in [-0.3, -0.25) is 9.67 Å². The molecule has 9 heteroatoms. The minimum Gasteiger partial charge on any atom is -0.356 e. The molecule has 1 aromatic heterocycles. The number of rotatable bonds is 7. The molecule has 0 aliphatic rings. The highest BCUT2D eigenvalue weighted by molar-refractivity contribution is 14.0. The van der Waals surface area contributed by atoms with E-state index in [9.17, 15) is 4.39 Å². The van der Waals surface area contributed by atoms with Crippen LogP contribution in [0, 0.1) is 5.82 Å². The number of aliphatic imine (C=N–C) groups is 1. The second-order valence-corrected chi connectivity index (χ2v) is 8.15. The molecule has 1 atom stereocenters. The van der Waals surface area contributed by atoms with Gasteiger partial charge in [-0.15, -0.1) is 24.0 Å². The predicted molar refractivity (Wildman–Crippen MR) is 129 cm³/mol. The molecular weight excluding hydrogens is 506 g/mol. The van der Waals surface area contributed by atoms with E-state index in [0.29, 0.717) is 24.1 Å². The van der Waals surface area contributed by atoms with E-state index in [1.165, 1.54) is 12.1 Å². The molecule has 0 radical (unpaired) electrons. The Morgan fingerprint density at radius 3 is 2.55 bits per heavy atom. The van der Waals surface area contributed by atoms with Crippen LogP contribution in [-0.4, -0.2) is 54.9 Å². The van der Waals surface area contributed by atoms with Crippen LogP contribution in [-0.2, 0) is 12.5 Å². The molecule has 0 spiro atoms. The summed E-state index contributed by atoms with van der Waals surface area (Å²) in [6.45, 7) is 5.39. The predicted octanol–water partition coefficient (Wildman–Crippen LogP) is 3.58. The van der Waals surface area contributed by atoms with Crippen molar-refractivity contribution in [3.8, 4) is 0 Å². The second kappa shape index (κ2) is 11.1. The summed E-state index contributed by atoms with van der Waals surface area (Å²) < 4.78 is 15.1. The van der Waals surface area contributed by atoms with Crippen LogP contribution >= 0.6 is 35.6 Å². The highest BCUT2D eigenvalue weighted by atomic mass is 127. The van der Waals surface area contributed by atoms with E-state index in [1.807, 2.05) is 33.5 Å². The van der Waals surface area contributed by atoms with Crippen LogP contribution in [0.5, 0.6) is 0 Å². The third-order valence-electron chi connectivity index (χ3n) is 4.78. The van der Waals surface area contributed by atoms with Crippen LogP contribution in [0.3, 0.4) is 0 Å². The SMILES string of the molecule is CN=C(NCC(c1cnn(C)c1)N(C)C)NCC(C)(C)c1ccc(F)cc1Cl.I. The molecule has 162 valence electrons. The Morgan fingerprint density at radius 2 is 2.03 bits per heavy atom. The van der Waals surface area contributed by atoms with Gasteiger partial charge in [0.1, 0.15) is 5.82 Å². The monoisotopic (exact) mass is 536 g/mol. The Morgan fingerprint density at radius 1 is 1.34 bits per heavy atom. The summed E-state index contributed by atoms with van der Waals surface area (Å²) >= 11 is 6.24. The van der Waals surface area contributed by atoms with Crippen molar-refractivity contribution in [2.24, 2.45) is 12.0 Å². The molecule has 6 nitrogen and oxygen atoms in total. The number of guanidine groups is 1. The maximum Gasteiger partial charge on any atom is 0.191 e. The van der Waals surface area contributed by atoms with E-state index in [1.54, 1.807) is 17.8 Å². The highest BCUT2D eigenvalue weighted by Gasteiger charge is 2.24. The lowest BCUT2D eigenvalue weighted by Gasteiger charge is -2.29. The largest absolute Gasteiger partial charge is 0.356 e. The van der Waals surface area contributed by atoms with Crippen molar-refractivity contribution >= 4 is 41.5 Å². The fourth-order valence-electron chi connectivity index (χ4n) is 3.06. The van der Waals surface area contributed by atoms with Gasteiger partial charge < -0.3 is 15.5 Å². The summed E-state index contributed by atoms with van der Waals surface area (Å²) in [5.74, 6) is 0.363. The van der Waals surface area contributed by atoms with Crippen LogP contribution in [0.25, 0.3) is 0 Å². The average molecular weight is 537 g/mol. The summed E-state index contributed by atoms with van der Waals surface area (Å²) in [6.07, 6.45) is 3.89. The maximum absolute atomic E-state index is 13.3. The first-order valence-electron chi connectivity index (χ1n) is 9.19. The van der Waals surface area contributed by atoms with Crippen molar-refractivity contribution in [2.45, 2.75) is 25.3 Å². The summed E-state index contributed by atoms with van der Waals surface area (Å²) in [4.78, 5) is 6.45. The van der Waals surface area contributed by atoms with Gasteiger partial charge in [0.05, 0.1) is 12.2 Å². The zero-order valence-corrected chi connectivity index (χ0v) is 20.9. The van der Waals surface area contributed by atoms with Crippen LogP contribution in [0.15, 0.2) is 35.6 Å². The number of halogens is 3. The van der Waals surface area contributed by atoms with Gasteiger partial charge in [-0.1, -0.05) is 31.5 Å². The van der Waals surface area contributed by atoms with Crippen LogP contribution in [0.2, 0.25) is 5.02 Å². The van der Waals surface area contributed by atoms with Gasteiger partial charge in [0.25, 0.3) is 0 Å². The zero-order valence-electron chi connectivity index (χ0n) is 17.8. The van der Waals surface area contributed by atoms with E-state index >= 15 is 0 Å². The van der Waals surface area contributed by atoms with Gasteiger partial charge >= 0.3 is 0 Å². The van der Waals surface area contributed by atoms with E-state index in [-0.39, 0.29) is 41.3 Å². The lowest BCUT2D eigenvalue weighted by molar-refractivity contribution is 0.298. The number of nitrogens with zero attached hydrogens (tertiary/aromatic N) is 4. The van der Waals surface area contributed by atoms with Crippen molar-refractivity contribution in [3.63, 3.8) is 0 Å². The van der Waals surface area contributed by atoms with E-state index < -0.39 is 0 Å². The number of aryl methyl sites for hydroxylation is 1. The third-order valence-corrected chi connectivity index (χ3v) is 5.09. The van der Waals surface area contributed by atoms with Crippen molar-refractivity contribution in [3.05, 3.63) is 52.6 Å². The average Bonchev–Trinajstić information content (AvgIpc) is 3.03. The molecule has 2 aromatic rings. The van der Waals surface area contributed by atoms with Gasteiger partial charge in [-0.05, 0) is 31.8 Å². The number of hydrogen-bond donors (Lipinski definition) is 2. The molecule has 0 amide bonds. The Bertz CT molecular complexity index is 821. The minimum atomic E-state index is -0.333. The number of hydrogen-bond acceptors (Lipinski definition) is 3. The van der Waals surface area contributed by atoms with E-state index in [2.05, 4.69) is 39.5 Å². The number of likely N-dealkylation sites (N-methyl/N-ethyl adjacent to an activating group) is 1. The first-order chi connectivity index (χ1) is 13.1. The lowest BCUT2D eigenvalue weighted by Crippen LogP contribution is -2.45. The Labute approximate surface area is 194 Å². The van der Waals surface area contributed by atoms with Gasteiger partial charge in [0.15, 0.2) is 5.96 Å². The first kappa shape index (κ1) is 25.6. The van der Waals surface area contributed by atoms with E-state index in [4.69, 9.17) is 11.6 Å². The summed E-state index contributed by atoms with van der Waals surface area (Å²) in [7, 11) is 7.72. The zero-order chi connectivity index (χ0) is 20.9. The second-order valence-electron chi connectivity index (χ2n) is 7.74. The van der Waals surface area contributed by atoms with Crippen LogP contribution < -0.4 is 10.6 Å². The lowest BCUT2D eigenvalue weighted by atomic mass is 9.84. The quantitative estimate of drug-likeness (QED) is 0.323. The molecule has 2 N–H and O–H groups in total. The Hall–Kier alpha value is -1.39. The summed E-state index contributed by atoms with van der Waals surface area (Å²) in [5, 5.41) is 11.4. The number of aromatic nitrogens is 2. The van der Waals surface area contributed by atoms with Crippen molar-refractivity contribution < 1.29 is 4.39 Å². The van der Waals surface area contributed by atoms with E-state index in [0.717, 1.165) is 11.1 Å². The van der Waals surface area contributed by atoms with Gasteiger partial charge in [-0.2, -0.15) is 5.10 Å². The maximum atomic E-state index is 13.3. The number of nitrogens with one attached hydrogen (secondary N) is 2. The van der Waals surface area contributed by atoms with Crippen molar-refractivity contribution in [1.29, 1.82) is 0 Å². The summed E-state index contributed by atoms with van der Waals surface area (Å²) in [5.41, 5.74) is 1.72. The topological polar surface area (TPSA) is 57.5 Å². The molecule has 1 heterocycles. The Kier molecular flexibility index (Phi) is 9.84. The molecule has 29 heavy (non-hydrogen) atoms. The van der Waals surface area contributed by atoms with Crippen molar-refractivity contribution in [1.82, 2.24) is 25.3 Å². The molecule has 0 bridgehead atoms. The molecule has 0 aliphatic carbocycles. The molecular formula is C20H31ClFIN6. The smallest absolute Gasteiger partial charge is 0.191 e. The first-order valence-corrected chi connectivity index (χ1v) is 9.57. The molecule has 2 rings (SSSR count). The van der Waals surface area contributed by atoms with Crippen molar-refractivity contribution in [2.75, 3.05) is 34.2 Å². The molecule has 0 aliphatic heterocycles. The molecule has 1 unspecified atom stereocenters. The molecule has 1 aromatic carbocycles. The third kappa shape index (κ3) is 7.11. The van der Waals surface area contributed by atoms with Gasteiger partial charge in [0, 0.05) is 49.4 Å². The molecule has 0 saturated carbocycles. The van der Waals surface area contributed by atoms with Gasteiger partial charge in [0.2, 0.25) is 0 Å². The Balaban J connectivity index is 0.00000420. The van der Waals surface area contributed by atoms with Gasteiger partial charge in [-0.25, -0.2) is 4.39 Å². The minimum absolute atomic E-state index is 0. The fraction of sp³-hybridized carbons (Fsp3) is 0.500. The molecule has 0 fully saturated rings. The molecule has 0 saturated heterocycles. The fourth-order valence-corrected chi connectivity index (χ4v) is 3.49. The highest BCUT2D eigenvalue weighted by Crippen LogP contribution is 2.29. The number of benzene rings is 1. The standard InChI is InChI=1S/C20H30ClFN6.HI/c1-20(2,16-8-7-15(22)9-17(16)21)13-25-19(23-3)24-11-18(27(4)5)14-10-26-28(6)12-14;/h7-10,12,18H,11,13H2,1-6H3,(H2,23,24,25);1H. The van der Waals surface area contributed by atoms with Crippen LogP contribution in [0.1, 0.15) is 31.0 Å². The van der Waals surface area contributed by atoms with Crippen LogP contribution in [0.4, 0.5) is 4.39 Å². The normalized spacial score (nSPS) is 13.2. The summed E-state index contributed by atoms with van der Waals surface area (Å²) in [6, 6.07) is 4.68.